The zero-order valence-corrected chi connectivity index (χ0v) is 9.95. The van der Waals surface area contributed by atoms with E-state index in [0.717, 1.165) is 16.9 Å². The Balaban J connectivity index is 2.50. The average molecular weight is 273 g/mol. The van der Waals surface area contributed by atoms with Crippen molar-refractivity contribution in [1.82, 2.24) is 9.78 Å². The molecule has 0 radical (unpaired) electrons. The fourth-order valence-electron chi connectivity index (χ4n) is 1.70. The van der Waals surface area contributed by atoms with E-state index in [1.54, 1.807) is 6.92 Å². The Morgan fingerprint density at radius 1 is 1.32 bits per heavy atom. The van der Waals surface area contributed by atoms with E-state index >= 15 is 0 Å². The molecule has 102 valence electrons. The molecule has 1 aromatic carbocycles. The Bertz CT molecular complexity index is 587. The zero-order chi connectivity index (χ0) is 14.2. The van der Waals surface area contributed by atoms with Gasteiger partial charge in [0.2, 0.25) is 0 Å². The minimum absolute atomic E-state index is 0.326. The van der Waals surface area contributed by atoms with E-state index in [9.17, 15) is 17.6 Å². The molecule has 0 saturated carbocycles. The third-order valence-electron chi connectivity index (χ3n) is 2.64. The van der Waals surface area contributed by atoms with Crippen molar-refractivity contribution in [3.05, 3.63) is 47.5 Å². The summed E-state index contributed by atoms with van der Waals surface area (Å²) in [6.07, 6.45) is -2.90. The van der Waals surface area contributed by atoms with Gasteiger partial charge in [-0.1, -0.05) is 0 Å². The van der Waals surface area contributed by atoms with Crippen LogP contribution < -0.4 is 5.73 Å². The summed E-state index contributed by atoms with van der Waals surface area (Å²) in [5.74, 6) is -0.501. The van der Waals surface area contributed by atoms with E-state index in [1.807, 2.05) is 0 Å². The summed E-state index contributed by atoms with van der Waals surface area (Å²) in [6, 6.07) is 3.16. The third-order valence-corrected chi connectivity index (χ3v) is 2.64. The largest absolute Gasteiger partial charge is 0.419 e. The van der Waals surface area contributed by atoms with E-state index in [4.69, 9.17) is 5.73 Å². The van der Waals surface area contributed by atoms with Gasteiger partial charge >= 0.3 is 6.18 Å². The highest BCUT2D eigenvalue weighted by Gasteiger charge is 2.32. The number of hydrogen-bond acceptors (Lipinski definition) is 2. The molecule has 0 fully saturated rings. The van der Waals surface area contributed by atoms with Crippen molar-refractivity contribution in [3.8, 4) is 5.69 Å². The number of nitrogens with zero attached hydrogens (tertiary/aromatic N) is 2. The molecule has 2 aromatic rings. The van der Waals surface area contributed by atoms with Gasteiger partial charge in [0.25, 0.3) is 0 Å². The molecule has 7 heteroatoms. The SMILES string of the molecule is C[C@@H](N)c1cc(F)ccc1-n1cc(C(F)(F)F)cn1. The number of rotatable bonds is 2. The molecule has 0 aliphatic rings. The molecule has 0 aliphatic carbocycles. The van der Waals surface area contributed by atoms with Crippen molar-refractivity contribution in [2.45, 2.75) is 19.1 Å². The van der Waals surface area contributed by atoms with Crippen LogP contribution in [0.5, 0.6) is 0 Å². The molecule has 2 N–H and O–H groups in total. The summed E-state index contributed by atoms with van der Waals surface area (Å²) >= 11 is 0. The van der Waals surface area contributed by atoms with Crippen LogP contribution in [0.4, 0.5) is 17.6 Å². The Labute approximate surface area is 106 Å². The van der Waals surface area contributed by atoms with Gasteiger partial charge in [0.1, 0.15) is 5.82 Å². The van der Waals surface area contributed by atoms with Crippen LogP contribution in [0.3, 0.4) is 0 Å². The van der Waals surface area contributed by atoms with E-state index in [0.29, 0.717) is 17.4 Å². The monoisotopic (exact) mass is 273 g/mol. The number of alkyl halides is 3. The Kier molecular flexibility index (Phi) is 3.32. The number of benzene rings is 1. The van der Waals surface area contributed by atoms with Gasteiger partial charge in [0, 0.05) is 12.2 Å². The molecule has 1 heterocycles. The first-order valence-electron chi connectivity index (χ1n) is 5.46. The fourth-order valence-corrected chi connectivity index (χ4v) is 1.70. The standard InChI is InChI=1S/C12H11F4N3/c1-7(17)10-4-9(13)2-3-11(10)19-6-8(5-18-19)12(14,15)16/h2-7H,17H2,1H3/t7-/m1/s1. The highest BCUT2D eigenvalue weighted by atomic mass is 19.4. The topological polar surface area (TPSA) is 43.8 Å². The molecule has 0 saturated heterocycles. The van der Waals surface area contributed by atoms with Crippen LogP contribution in [0.2, 0.25) is 0 Å². The van der Waals surface area contributed by atoms with Crippen molar-refractivity contribution in [2.24, 2.45) is 5.73 Å². The molecular weight excluding hydrogens is 262 g/mol. The van der Waals surface area contributed by atoms with Crippen molar-refractivity contribution in [2.75, 3.05) is 0 Å². The van der Waals surface area contributed by atoms with E-state index < -0.39 is 23.6 Å². The lowest BCUT2D eigenvalue weighted by molar-refractivity contribution is -0.137. The first-order chi connectivity index (χ1) is 8.79. The van der Waals surface area contributed by atoms with Gasteiger partial charge in [-0.15, -0.1) is 0 Å². The lowest BCUT2D eigenvalue weighted by Crippen LogP contribution is -2.11. The van der Waals surface area contributed by atoms with Gasteiger partial charge in [0.05, 0.1) is 17.4 Å². The van der Waals surface area contributed by atoms with Gasteiger partial charge in [0.15, 0.2) is 0 Å². The maximum Gasteiger partial charge on any atom is 0.419 e. The highest BCUT2D eigenvalue weighted by molar-refractivity contribution is 5.43. The second-order valence-corrected chi connectivity index (χ2v) is 4.16. The van der Waals surface area contributed by atoms with E-state index in [1.165, 1.54) is 12.1 Å². The molecule has 0 unspecified atom stereocenters. The average Bonchev–Trinajstić information content (AvgIpc) is 2.77. The van der Waals surface area contributed by atoms with Gasteiger partial charge in [-0.2, -0.15) is 18.3 Å². The van der Waals surface area contributed by atoms with E-state index in [-0.39, 0.29) is 0 Å². The molecule has 1 atom stereocenters. The Morgan fingerprint density at radius 2 is 2.00 bits per heavy atom. The van der Waals surface area contributed by atoms with Crippen LogP contribution in [-0.2, 0) is 6.18 Å². The lowest BCUT2D eigenvalue weighted by Gasteiger charge is -2.12. The number of nitrogens with two attached hydrogens (primary N) is 1. The Hall–Kier alpha value is -1.89. The lowest BCUT2D eigenvalue weighted by atomic mass is 10.1. The van der Waals surface area contributed by atoms with Crippen LogP contribution in [0.25, 0.3) is 5.69 Å². The molecule has 0 spiro atoms. The van der Waals surface area contributed by atoms with Crippen molar-refractivity contribution in [1.29, 1.82) is 0 Å². The minimum Gasteiger partial charge on any atom is -0.324 e. The molecule has 0 amide bonds. The first kappa shape index (κ1) is 13.5. The summed E-state index contributed by atoms with van der Waals surface area (Å²) in [6.45, 7) is 1.62. The summed E-state index contributed by atoms with van der Waals surface area (Å²) < 4.78 is 51.7. The van der Waals surface area contributed by atoms with Gasteiger partial charge < -0.3 is 5.73 Å². The predicted octanol–water partition coefficient (Wildman–Crippen LogP) is 3.05. The quantitative estimate of drug-likeness (QED) is 0.855. The third kappa shape index (κ3) is 2.76. The molecule has 1 aromatic heterocycles. The maximum atomic E-state index is 13.2. The second-order valence-electron chi connectivity index (χ2n) is 4.16. The smallest absolute Gasteiger partial charge is 0.324 e. The van der Waals surface area contributed by atoms with Crippen LogP contribution in [0, 0.1) is 5.82 Å². The number of halogens is 4. The summed E-state index contributed by atoms with van der Waals surface area (Å²) in [4.78, 5) is 0. The normalized spacial score (nSPS) is 13.6. The van der Waals surface area contributed by atoms with Crippen LogP contribution in [-0.4, -0.2) is 9.78 Å². The van der Waals surface area contributed by atoms with Crippen molar-refractivity contribution >= 4 is 0 Å². The molecule has 2 rings (SSSR count). The highest BCUT2D eigenvalue weighted by Crippen LogP contribution is 2.30. The van der Waals surface area contributed by atoms with Crippen LogP contribution in [0.1, 0.15) is 24.1 Å². The fraction of sp³-hybridized carbons (Fsp3) is 0.250. The van der Waals surface area contributed by atoms with E-state index in [2.05, 4.69) is 5.10 Å². The molecular formula is C12H11F4N3. The summed E-state index contributed by atoms with van der Waals surface area (Å²) in [5, 5.41) is 3.64. The first-order valence-corrected chi connectivity index (χ1v) is 5.46. The molecule has 0 aliphatic heterocycles. The molecule has 19 heavy (non-hydrogen) atoms. The van der Waals surface area contributed by atoms with Crippen LogP contribution >= 0.6 is 0 Å². The second kappa shape index (κ2) is 4.65. The Morgan fingerprint density at radius 3 is 2.53 bits per heavy atom. The maximum absolute atomic E-state index is 13.2. The number of hydrogen-bond donors (Lipinski definition) is 1. The van der Waals surface area contributed by atoms with Crippen molar-refractivity contribution < 1.29 is 17.6 Å². The number of aromatic nitrogens is 2. The predicted molar refractivity (Wildman–Crippen MR) is 61.1 cm³/mol. The van der Waals surface area contributed by atoms with Gasteiger partial charge in [-0.05, 0) is 30.7 Å². The van der Waals surface area contributed by atoms with Crippen LogP contribution in [0.15, 0.2) is 30.6 Å². The van der Waals surface area contributed by atoms with Gasteiger partial charge in [-0.3, -0.25) is 0 Å². The molecule has 0 bridgehead atoms. The summed E-state index contributed by atoms with van der Waals surface area (Å²) in [7, 11) is 0. The molecule has 3 nitrogen and oxygen atoms in total. The minimum atomic E-state index is -4.47. The van der Waals surface area contributed by atoms with Crippen molar-refractivity contribution in [3.63, 3.8) is 0 Å². The zero-order valence-electron chi connectivity index (χ0n) is 9.95. The van der Waals surface area contributed by atoms with Gasteiger partial charge in [-0.25, -0.2) is 9.07 Å². The summed E-state index contributed by atoms with van der Waals surface area (Å²) in [5.41, 5.74) is 5.53.